The van der Waals surface area contributed by atoms with Crippen LogP contribution in [0.4, 0.5) is 0 Å². The number of rotatable bonds is 1. The number of benzene rings is 1. The molecule has 0 N–H and O–H groups in total. The highest BCUT2D eigenvalue weighted by molar-refractivity contribution is 6.21. The van der Waals surface area contributed by atoms with E-state index in [0.717, 1.165) is 25.7 Å². The van der Waals surface area contributed by atoms with Gasteiger partial charge in [-0.15, -0.1) is 0 Å². The van der Waals surface area contributed by atoms with Crippen LogP contribution in [0.2, 0.25) is 0 Å². The highest BCUT2D eigenvalue weighted by Gasteiger charge is 2.48. The lowest BCUT2D eigenvalue weighted by atomic mass is 10.0. The summed E-state index contributed by atoms with van der Waals surface area (Å²) >= 11 is 0. The zero-order valence-electron chi connectivity index (χ0n) is 11.1. The molecule has 1 atom stereocenters. The summed E-state index contributed by atoms with van der Waals surface area (Å²) in [6.07, 6.45) is 4.58. The molecule has 1 saturated carbocycles. The third kappa shape index (κ3) is 1.62. The van der Waals surface area contributed by atoms with Gasteiger partial charge in [-0.3, -0.25) is 14.5 Å². The third-order valence-corrected chi connectivity index (χ3v) is 4.50. The summed E-state index contributed by atoms with van der Waals surface area (Å²) in [5, 5.41) is 8.30. The highest BCUT2D eigenvalue weighted by atomic mass is 16.2. The van der Waals surface area contributed by atoms with Gasteiger partial charge >= 0.3 is 0 Å². The topological polar surface area (TPSA) is 62.1 Å². The maximum absolute atomic E-state index is 12.5. The molecule has 1 unspecified atom stereocenters. The molecule has 0 bridgehead atoms. The molecule has 1 aromatic rings. The van der Waals surface area contributed by atoms with Crippen LogP contribution in [-0.4, -0.2) is 28.4 Å². The van der Waals surface area contributed by atoms with Crippen LogP contribution in [-0.2, 0) is 0 Å². The minimum absolute atomic E-state index is 0.0695. The molecule has 0 saturated heterocycles. The van der Waals surface area contributed by atoms with Crippen molar-refractivity contribution >= 4 is 11.8 Å². The molecule has 102 valence electrons. The first-order valence-electron chi connectivity index (χ1n) is 7.11. The van der Waals surface area contributed by atoms with Gasteiger partial charge in [0.15, 0.2) is 5.66 Å². The van der Waals surface area contributed by atoms with Gasteiger partial charge in [-0.05, 0) is 31.4 Å². The summed E-state index contributed by atoms with van der Waals surface area (Å²) in [7, 11) is 0. The van der Waals surface area contributed by atoms with Crippen LogP contribution in [0.15, 0.2) is 34.5 Å². The summed E-state index contributed by atoms with van der Waals surface area (Å²) in [4.78, 5) is 26.4. The van der Waals surface area contributed by atoms with Gasteiger partial charge in [0.2, 0.25) is 0 Å². The Bertz CT molecular complexity index is 597. The largest absolute Gasteiger partial charge is 0.271 e. The molecular weight excluding hydrogens is 254 g/mol. The number of carbonyl (C=O) groups excluding carboxylic acids is 2. The number of hydrogen-bond acceptors (Lipinski definition) is 4. The number of hydrogen-bond donors (Lipinski definition) is 0. The van der Waals surface area contributed by atoms with Crippen molar-refractivity contribution in [2.24, 2.45) is 10.2 Å². The van der Waals surface area contributed by atoms with E-state index in [1.54, 1.807) is 24.3 Å². The molecular formula is C15H15N3O2. The van der Waals surface area contributed by atoms with Crippen LogP contribution >= 0.6 is 0 Å². The molecule has 1 spiro atoms. The quantitative estimate of drug-likeness (QED) is 0.736. The Kier molecular flexibility index (Phi) is 2.34. The summed E-state index contributed by atoms with van der Waals surface area (Å²) in [6, 6.07) is 6.99. The molecule has 0 aromatic heterocycles. The van der Waals surface area contributed by atoms with Crippen LogP contribution < -0.4 is 0 Å². The number of carbonyl (C=O) groups is 2. The van der Waals surface area contributed by atoms with Crippen molar-refractivity contribution in [1.82, 2.24) is 4.90 Å². The van der Waals surface area contributed by atoms with Crippen molar-refractivity contribution in [2.45, 2.75) is 43.8 Å². The second-order valence-electron chi connectivity index (χ2n) is 5.81. The molecule has 20 heavy (non-hydrogen) atoms. The minimum Gasteiger partial charge on any atom is -0.271 e. The number of fused-ring (bicyclic) bond motifs is 1. The maximum Gasteiger partial charge on any atom is 0.261 e. The highest BCUT2D eigenvalue weighted by Crippen LogP contribution is 2.43. The van der Waals surface area contributed by atoms with Crippen molar-refractivity contribution in [3.05, 3.63) is 35.4 Å². The van der Waals surface area contributed by atoms with Crippen LogP contribution in [0.1, 0.15) is 52.8 Å². The first kappa shape index (κ1) is 11.8. The summed E-state index contributed by atoms with van der Waals surface area (Å²) in [5.74, 6) is -0.318. The van der Waals surface area contributed by atoms with Crippen molar-refractivity contribution in [3.8, 4) is 0 Å². The van der Waals surface area contributed by atoms with E-state index >= 15 is 0 Å². The molecule has 1 aliphatic carbocycles. The summed E-state index contributed by atoms with van der Waals surface area (Å²) in [6.45, 7) is 0. The van der Waals surface area contributed by atoms with E-state index < -0.39 is 0 Å². The van der Waals surface area contributed by atoms with Crippen molar-refractivity contribution in [2.75, 3.05) is 0 Å². The van der Waals surface area contributed by atoms with Gasteiger partial charge in [-0.1, -0.05) is 18.6 Å². The van der Waals surface area contributed by atoms with Gasteiger partial charge in [0.05, 0.1) is 11.1 Å². The van der Waals surface area contributed by atoms with Gasteiger partial charge in [0.1, 0.15) is 0 Å². The van der Waals surface area contributed by atoms with Crippen molar-refractivity contribution in [3.63, 3.8) is 0 Å². The Morgan fingerprint density at radius 1 is 1.05 bits per heavy atom. The second kappa shape index (κ2) is 3.98. The fourth-order valence-corrected chi connectivity index (χ4v) is 3.38. The molecule has 2 aliphatic heterocycles. The van der Waals surface area contributed by atoms with E-state index in [1.165, 1.54) is 4.90 Å². The van der Waals surface area contributed by atoms with E-state index in [0.29, 0.717) is 17.5 Å². The Hall–Kier alpha value is -2.04. The molecule has 3 aliphatic rings. The fourth-order valence-electron chi connectivity index (χ4n) is 3.38. The van der Waals surface area contributed by atoms with E-state index in [1.807, 2.05) is 0 Å². The van der Waals surface area contributed by atoms with Crippen LogP contribution in [0, 0.1) is 0 Å². The molecule has 0 radical (unpaired) electrons. The lowest BCUT2D eigenvalue weighted by molar-refractivity contribution is 0.0563. The standard InChI is InChI=1S/C15H15N3O2/c19-13-11-6-1-2-7-12(11)14(20)18(13)10-5-3-4-8-15(9-10)16-17-15/h1-2,6-7,10H,3-5,8-9H2. The van der Waals surface area contributed by atoms with Gasteiger partial charge in [0.25, 0.3) is 11.8 Å². The van der Waals surface area contributed by atoms with Crippen LogP contribution in [0.5, 0.6) is 0 Å². The molecule has 5 nitrogen and oxygen atoms in total. The third-order valence-electron chi connectivity index (χ3n) is 4.50. The predicted molar refractivity (Wildman–Crippen MR) is 71.4 cm³/mol. The Labute approximate surface area is 116 Å². The van der Waals surface area contributed by atoms with Gasteiger partial charge in [-0.2, -0.15) is 10.2 Å². The van der Waals surface area contributed by atoms with E-state index in [4.69, 9.17) is 0 Å². The SMILES string of the molecule is O=C1c2ccccc2C(=O)N1C1CCCCC2(C1)N=N2. The zero-order valence-corrected chi connectivity index (χ0v) is 11.1. The normalized spacial score (nSPS) is 26.8. The van der Waals surface area contributed by atoms with Crippen molar-refractivity contribution in [1.29, 1.82) is 0 Å². The Morgan fingerprint density at radius 2 is 1.70 bits per heavy atom. The monoisotopic (exact) mass is 269 g/mol. The number of amides is 2. The number of nitrogens with zero attached hydrogens (tertiary/aromatic N) is 3. The average Bonchev–Trinajstić information content (AvgIpc) is 3.22. The first-order valence-corrected chi connectivity index (χ1v) is 7.11. The molecule has 2 heterocycles. The smallest absolute Gasteiger partial charge is 0.261 e. The molecule has 1 fully saturated rings. The Balaban J connectivity index is 1.66. The zero-order chi connectivity index (χ0) is 13.7. The minimum atomic E-state index is -0.295. The fraction of sp³-hybridized carbons (Fsp3) is 0.467. The maximum atomic E-state index is 12.5. The lowest BCUT2D eigenvalue weighted by Gasteiger charge is -2.25. The van der Waals surface area contributed by atoms with Gasteiger partial charge < -0.3 is 0 Å². The second-order valence-corrected chi connectivity index (χ2v) is 5.81. The van der Waals surface area contributed by atoms with E-state index in [9.17, 15) is 9.59 Å². The predicted octanol–water partition coefficient (Wildman–Crippen LogP) is 2.78. The molecule has 4 rings (SSSR count). The van der Waals surface area contributed by atoms with E-state index in [-0.39, 0.29) is 23.5 Å². The first-order chi connectivity index (χ1) is 9.70. The van der Waals surface area contributed by atoms with E-state index in [2.05, 4.69) is 10.2 Å². The van der Waals surface area contributed by atoms with Crippen LogP contribution in [0.3, 0.4) is 0 Å². The number of imide groups is 1. The summed E-state index contributed by atoms with van der Waals surface area (Å²) in [5.41, 5.74) is 0.761. The van der Waals surface area contributed by atoms with Crippen LogP contribution in [0.25, 0.3) is 0 Å². The molecule has 2 amide bonds. The van der Waals surface area contributed by atoms with Crippen molar-refractivity contribution < 1.29 is 9.59 Å². The lowest BCUT2D eigenvalue weighted by Crippen LogP contribution is -2.41. The molecule has 5 heteroatoms. The van der Waals surface area contributed by atoms with Gasteiger partial charge in [-0.25, -0.2) is 0 Å². The van der Waals surface area contributed by atoms with Gasteiger partial charge in [0, 0.05) is 12.5 Å². The molecule has 1 aromatic carbocycles. The Morgan fingerprint density at radius 3 is 2.30 bits per heavy atom. The summed E-state index contributed by atoms with van der Waals surface area (Å²) < 4.78 is 0. The average molecular weight is 269 g/mol.